The Morgan fingerprint density at radius 3 is 2.67 bits per heavy atom. The summed E-state index contributed by atoms with van der Waals surface area (Å²) < 4.78 is 31.3. The highest BCUT2D eigenvalue weighted by Gasteiger charge is 2.22. The number of nitrogens with zero attached hydrogens (tertiary/aromatic N) is 1. The lowest BCUT2D eigenvalue weighted by molar-refractivity contribution is 0.245. The molecule has 4 nitrogen and oxygen atoms in total. The third-order valence-corrected chi connectivity index (χ3v) is 4.33. The van der Waals surface area contributed by atoms with Gasteiger partial charge in [-0.15, -0.1) is 0 Å². The molecule has 0 spiro atoms. The second-order valence-electron chi connectivity index (χ2n) is 4.97. The van der Waals surface area contributed by atoms with E-state index < -0.39 is 9.05 Å². The Kier molecular flexibility index (Phi) is 4.64. The minimum atomic E-state index is -3.84. The minimum Gasteiger partial charge on any atom is -0.490 e. The largest absolute Gasteiger partial charge is 0.490 e. The first kappa shape index (κ1) is 15.9. The van der Waals surface area contributed by atoms with E-state index in [1.807, 2.05) is 49.6 Å². The summed E-state index contributed by atoms with van der Waals surface area (Å²) in [5, 5.41) is 0.533. The van der Waals surface area contributed by atoms with Gasteiger partial charge in [0.1, 0.15) is 10.6 Å². The van der Waals surface area contributed by atoms with Gasteiger partial charge in [-0.25, -0.2) is 8.42 Å². The van der Waals surface area contributed by atoms with E-state index >= 15 is 0 Å². The molecule has 6 heteroatoms. The second kappa shape index (κ2) is 6.12. The topological polar surface area (TPSA) is 48.3 Å². The maximum absolute atomic E-state index is 11.9. The smallest absolute Gasteiger partial charge is 0.263 e. The molecule has 0 aliphatic carbocycles. The summed E-state index contributed by atoms with van der Waals surface area (Å²) in [5.41, 5.74) is 0.783. The van der Waals surface area contributed by atoms with Crippen LogP contribution in [0.25, 0.3) is 10.9 Å². The molecule has 0 radical (unpaired) electrons. The normalized spacial score (nSPS) is 12.6. The Morgan fingerprint density at radius 2 is 2.10 bits per heavy atom. The highest BCUT2D eigenvalue weighted by Crippen LogP contribution is 2.35. The van der Waals surface area contributed by atoms with Gasteiger partial charge in [0.05, 0.1) is 17.0 Å². The van der Waals surface area contributed by atoms with Crippen LogP contribution in [0.2, 0.25) is 0 Å². The van der Waals surface area contributed by atoms with Crippen molar-refractivity contribution in [1.29, 1.82) is 0 Å². The molecule has 0 aliphatic heterocycles. The number of halogens is 1. The van der Waals surface area contributed by atoms with E-state index in [9.17, 15) is 8.42 Å². The van der Waals surface area contributed by atoms with Crippen molar-refractivity contribution in [3.05, 3.63) is 36.5 Å². The maximum Gasteiger partial charge on any atom is 0.263 e. The number of fused-ring (bicyclic) bond motifs is 1. The number of rotatable bonds is 5. The molecule has 0 bridgehead atoms. The van der Waals surface area contributed by atoms with E-state index in [1.165, 1.54) is 0 Å². The summed E-state index contributed by atoms with van der Waals surface area (Å²) in [4.78, 5) is 0.0833. The number of benzene rings is 1. The van der Waals surface area contributed by atoms with Gasteiger partial charge < -0.3 is 9.30 Å². The van der Waals surface area contributed by atoms with Crippen LogP contribution in [0.5, 0.6) is 5.75 Å². The van der Waals surface area contributed by atoms with Crippen molar-refractivity contribution >= 4 is 30.6 Å². The van der Waals surface area contributed by atoms with E-state index in [1.54, 1.807) is 12.3 Å². The molecule has 0 aliphatic rings. The fourth-order valence-electron chi connectivity index (χ4n) is 2.19. The molecule has 0 saturated heterocycles. The van der Waals surface area contributed by atoms with Crippen LogP contribution in [0, 0.1) is 0 Å². The Hall–Kier alpha value is -1.46. The third-order valence-electron chi connectivity index (χ3n) is 3.00. The van der Waals surface area contributed by atoms with Gasteiger partial charge in [-0.1, -0.05) is 18.2 Å². The van der Waals surface area contributed by atoms with E-state index in [0.717, 1.165) is 5.52 Å². The van der Waals surface area contributed by atoms with E-state index in [0.29, 0.717) is 17.7 Å². The number of hydrogen-bond acceptors (Lipinski definition) is 3. The van der Waals surface area contributed by atoms with Crippen LogP contribution < -0.4 is 4.74 Å². The number of aromatic nitrogens is 1. The highest BCUT2D eigenvalue weighted by atomic mass is 35.7. The highest BCUT2D eigenvalue weighted by molar-refractivity contribution is 8.14. The predicted molar refractivity (Wildman–Crippen MR) is 85.6 cm³/mol. The molecule has 0 unspecified atom stereocenters. The Morgan fingerprint density at radius 1 is 1.38 bits per heavy atom. The molecule has 0 fully saturated rings. The van der Waals surface area contributed by atoms with E-state index in [-0.39, 0.29) is 11.0 Å². The zero-order valence-corrected chi connectivity index (χ0v) is 13.8. The van der Waals surface area contributed by atoms with Gasteiger partial charge in [-0.3, -0.25) is 0 Å². The summed E-state index contributed by atoms with van der Waals surface area (Å²) >= 11 is 0. The first-order chi connectivity index (χ1) is 9.84. The van der Waals surface area contributed by atoms with E-state index in [4.69, 9.17) is 15.4 Å². The quantitative estimate of drug-likeness (QED) is 0.617. The average Bonchev–Trinajstić information content (AvgIpc) is 2.75. The zero-order valence-electron chi connectivity index (χ0n) is 12.2. The van der Waals surface area contributed by atoms with E-state index in [2.05, 4.69) is 0 Å². The van der Waals surface area contributed by atoms with Crippen LogP contribution in [0.4, 0.5) is 0 Å². The van der Waals surface area contributed by atoms with Crippen LogP contribution in [-0.2, 0) is 15.6 Å². The van der Waals surface area contributed by atoms with Gasteiger partial charge in [0.2, 0.25) is 0 Å². The fraction of sp³-hybridized carbons (Fsp3) is 0.333. The average molecular weight is 328 g/mol. The Labute approximate surface area is 129 Å². The lowest BCUT2D eigenvalue weighted by atomic mass is 10.2. The van der Waals surface area contributed by atoms with Gasteiger partial charge >= 0.3 is 0 Å². The Bertz CT molecular complexity index is 776. The molecule has 1 aromatic heterocycles. The molecule has 0 amide bonds. The van der Waals surface area contributed by atoms with Gasteiger partial charge in [0.15, 0.2) is 0 Å². The monoisotopic (exact) mass is 327 g/mol. The van der Waals surface area contributed by atoms with Crippen molar-refractivity contribution < 1.29 is 13.2 Å². The van der Waals surface area contributed by atoms with Crippen molar-refractivity contribution in [3.8, 4) is 5.75 Å². The molecule has 1 heterocycles. The van der Waals surface area contributed by atoms with Crippen molar-refractivity contribution in [3.63, 3.8) is 0 Å². The molecule has 114 valence electrons. The third kappa shape index (κ3) is 3.41. The molecule has 2 rings (SSSR count). The first-order valence-corrected chi connectivity index (χ1v) is 9.00. The fourth-order valence-corrected chi connectivity index (χ4v) is 3.24. The molecule has 0 atom stereocenters. The van der Waals surface area contributed by atoms with Gasteiger partial charge in [0, 0.05) is 23.4 Å². The summed E-state index contributed by atoms with van der Waals surface area (Å²) in [5.74, 6) is 0.529. The standard InChI is InChI=1S/C15H18ClNO3S/c1-4-5-9-17-10-14(21(16,18)19)15-12(17)7-6-8-13(15)20-11(2)3/h4-8,10-11H,9H2,1-3H3/b5-4+. The Balaban J connectivity index is 2.75. The van der Waals surface area contributed by atoms with Crippen molar-refractivity contribution in [2.75, 3.05) is 0 Å². The summed E-state index contributed by atoms with van der Waals surface area (Å²) in [6, 6.07) is 5.46. The van der Waals surface area contributed by atoms with Crippen molar-refractivity contribution in [1.82, 2.24) is 4.57 Å². The van der Waals surface area contributed by atoms with Crippen molar-refractivity contribution in [2.45, 2.75) is 38.3 Å². The van der Waals surface area contributed by atoms with Gasteiger partial charge in [-0.2, -0.15) is 0 Å². The molecule has 1 aromatic carbocycles. The van der Waals surface area contributed by atoms with Crippen molar-refractivity contribution in [2.24, 2.45) is 0 Å². The number of ether oxygens (including phenoxy) is 1. The molecule has 0 N–H and O–H groups in total. The van der Waals surface area contributed by atoms with Crippen LogP contribution in [0.3, 0.4) is 0 Å². The molecular weight excluding hydrogens is 310 g/mol. The summed E-state index contributed by atoms with van der Waals surface area (Å²) in [7, 11) is 1.73. The van der Waals surface area contributed by atoms with Gasteiger partial charge in [-0.05, 0) is 32.9 Å². The minimum absolute atomic E-state index is 0.0552. The molecule has 21 heavy (non-hydrogen) atoms. The van der Waals surface area contributed by atoms with Crippen LogP contribution >= 0.6 is 10.7 Å². The summed E-state index contributed by atoms with van der Waals surface area (Å²) in [6.07, 6.45) is 5.36. The SMILES string of the molecule is C/C=C/Cn1cc(S(=O)(=O)Cl)c2c(OC(C)C)cccc21. The van der Waals surface area contributed by atoms with Crippen LogP contribution in [0.15, 0.2) is 41.4 Å². The van der Waals surface area contributed by atoms with Crippen LogP contribution in [0.1, 0.15) is 20.8 Å². The maximum atomic E-state index is 11.9. The first-order valence-electron chi connectivity index (χ1n) is 6.69. The molecular formula is C15H18ClNO3S. The molecule has 2 aromatic rings. The van der Waals surface area contributed by atoms with Crippen LogP contribution in [-0.4, -0.2) is 19.1 Å². The lowest BCUT2D eigenvalue weighted by Crippen LogP contribution is -2.06. The lowest BCUT2D eigenvalue weighted by Gasteiger charge is -2.11. The number of hydrogen-bond donors (Lipinski definition) is 0. The summed E-state index contributed by atoms with van der Waals surface area (Å²) in [6.45, 7) is 6.28. The predicted octanol–water partition coefficient (Wildman–Crippen LogP) is 3.93. The molecule has 0 saturated carbocycles. The number of allylic oxidation sites excluding steroid dienone is 2. The second-order valence-corrected chi connectivity index (χ2v) is 7.50. The zero-order chi connectivity index (χ0) is 15.6. The van der Waals surface area contributed by atoms with Gasteiger partial charge in [0.25, 0.3) is 9.05 Å².